The van der Waals surface area contributed by atoms with Gasteiger partial charge in [0.1, 0.15) is 0 Å². The zero-order chi connectivity index (χ0) is 14.5. The lowest BCUT2D eigenvalue weighted by molar-refractivity contribution is 0.0584. The molecule has 5 nitrogen and oxygen atoms in total. The number of carbonyl (C=O) groups is 1. The van der Waals surface area contributed by atoms with Crippen LogP contribution in [0.4, 0.5) is 0 Å². The molecule has 1 amide bonds. The van der Waals surface area contributed by atoms with E-state index in [1.165, 1.54) is 6.20 Å². The first-order chi connectivity index (χ1) is 8.86. The van der Waals surface area contributed by atoms with Crippen LogP contribution in [0.2, 0.25) is 0 Å². The maximum atomic E-state index is 12.0. The number of aliphatic hydroxyl groups excluding tert-OH is 1. The van der Waals surface area contributed by atoms with E-state index < -0.39 is 6.10 Å². The molecule has 2 N–H and O–H groups in total. The average molecular weight is 266 g/mol. The highest BCUT2D eigenvalue weighted by Crippen LogP contribution is 2.19. The number of amides is 1. The van der Waals surface area contributed by atoms with Gasteiger partial charge < -0.3 is 15.2 Å². The van der Waals surface area contributed by atoms with Crippen LogP contribution in [0.25, 0.3) is 0 Å². The Bertz CT molecular complexity index is 427. The van der Waals surface area contributed by atoms with Gasteiger partial charge in [0.05, 0.1) is 12.7 Å². The number of pyridine rings is 1. The molecule has 1 rings (SSSR count). The van der Waals surface area contributed by atoms with E-state index >= 15 is 0 Å². The number of rotatable bonds is 5. The predicted molar refractivity (Wildman–Crippen MR) is 73.2 cm³/mol. The highest BCUT2D eigenvalue weighted by atomic mass is 16.5. The SMILES string of the molecule is CCOc1cccnc1C(=O)NCC(O)C(C)(C)C. The van der Waals surface area contributed by atoms with Gasteiger partial charge in [0, 0.05) is 12.7 Å². The number of nitrogens with one attached hydrogen (secondary N) is 1. The lowest BCUT2D eigenvalue weighted by atomic mass is 9.89. The number of ether oxygens (including phenoxy) is 1. The molecule has 0 aliphatic heterocycles. The average Bonchev–Trinajstić information content (AvgIpc) is 2.35. The molecule has 1 unspecified atom stereocenters. The lowest BCUT2D eigenvalue weighted by Gasteiger charge is -2.25. The van der Waals surface area contributed by atoms with Crippen LogP contribution < -0.4 is 10.1 Å². The van der Waals surface area contributed by atoms with Gasteiger partial charge in [-0.15, -0.1) is 0 Å². The molecule has 0 spiro atoms. The molecule has 1 aromatic heterocycles. The Hall–Kier alpha value is -1.62. The van der Waals surface area contributed by atoms with Crippen molar-refractivity contribution >= 4 is 5.91 Å². The maximum absolute atomic E-state index is 12.0. The number of nitrogens with zero attached hydrogens (tertiary/aromatic N) is 1. The lowest BCUT2D eigenvalue weighted by Crippen LogP contribution is -2.39. The highest BCUT2D eigenvalue weighted by molar-refractivity contribution is 5.94. The quantitative estimate of drug-likeness (QED) is 0.849. The Kier molecular flexibility index (Phi) is 5.30. The van der Waals surface area contributed by atoms with E-state index in [1.54, 1.807) is 12.1 Å². The van der Waals surface area contributed by atoms with Gasteiger partial charge >= 0.3 is 0 Å². The molecule has 5 heteroatoms. The minimum absolute atomic E-state index is 0.185. The Morgan fingerprint density at radius 1 is 1.53 bits per heavy atom. The molecule has 0 radical (unpaired) electrons. The Labute approximate surface area is 114 Å². The molecule has 0 fully saturated rings. The molecular weight excluding hydrogens is 244 g/mol. The van der Waals surface area contributed by atoms with E-state index in [2.05, 4.69) is 10.3 Å². The smallest absolute Gasteiger partial charge is 0.273 e. The van der Waals surface area contributed by atoms with Crippen molar-refractivity contribution < 1.29 is 14.6 Å². The minimum Gasteiger partial charge on any atom is -0.491 e. The Morgan fingerprint density at radius 3 is 2.79 bits per heavy atom. The van der Waals surface area contributed by atoms with Gasteiger partial charge in [-0.2, -0.15) is 0 Å². The first kappa shape index (κ1) is 15.4. The number of aliphatic hydroxyl groups is 1. The van der Waals surface area contributed by atoms with E-state index in [9.17, 15) is 9.90 Å². The standard InChI is InChI=1S/C14H22N2O3/c1-5-19-10-7-6-8-15-12(10)13(18)16-9-11(17)14(2,3)4/h6-8,11,17H,5,9H2,1-4H3,(H,16,18). The maximum Gasteiger partial charge on any atom is 0.273 e. The predicted octanol–water partition coefficient (Wildman–Crippen LogP) is 1.62. The van der Waals surface area contributed by atoms with Crippen LogP contribution in [0.15, 0.2) is 18.3 Å². The summed E-state index contributed by atoms with van der Waals surface area (Å²) in [4.78, 5) is 16.0. The summed E-state index contributed by atoms with van der Waals surface area (Å²) < 4.78 is 5.35. The number of aromatic nitrogens is 1. The fraction of sp³-hybridized carbons (Fsp3) is 0.571. The molecule has 0 aromatic carbocycles. The van der Waals surface area contributed by atoms with E-state index in [0.717, 1.165) is 0 Å². The highest BCUT2D eigenvalue weighted by Gasteiger charge is 2.23. The number of hydrogen-bond acceptors (Lipinski definition) is 4. The molecule has 19 heavy (non-hydrogen) atoms. The monoisotopic (exact) mass is 266 g/mol. The van der Waals surface area contributed by atoms with Crippen LogP contribution in [0, 0.1) is 5.41 Å². The third-order valence-electron chi connectivity index (χ3n) is 2.74. The fourth-order valence-corrected chi connectivity index (χ4v) is 1.41. The van der Waals surface area contributed by atoms with E-state index in [4.69, 9.17) is 4.74 Å². The molecule has 106 valence electrons. The van der Waals surface area contributed by atoms with Crippen molar-refractivity contribution in [2.24, 2.45) is 5.41 Å². The summed E-state index contributed by atoms with van der Waals surface area (Å²) in [5.74, 6) is 0.111. The van der Waals surface area contributed by atoms with Crippen molar-refractivity contribution in [3.8, 4) is 5.75 Å². The van der Waals surface area contributed by atoms with Crippen molar-refractivity contribution in [3.63, 3.8) is 0 Å². The van der Waals surface area contributed by atoms with Gasteiger partial charge in [-0.05, 0) is 24.5 Å². The summed E-state index contributed by atoms with van der Waals surface area (Å²) in [5.41, 5.74) is -0.0365. The second kappa shape index (κ2) is 6.52. The molecular formula is C14H22N2O3. The largest absolute Gasteiger partial charge is 0.491 e. The van der Waals surface area contributed by atoms with E-state index in [1.807, 2.05) is 27.7 Å². The minimum atomic E-state index is -0.615. The molecule has 0 saturated carbocycles. The summed E-state index contributed by atoms with van der Waals surface area (Å²) in [6, 6.07) is 3.41. The first-order valence-electron chi connectivity index (χ1n) is 6.40. The van der Waals surface area contributed by atoms with Crippen LogP contribution >= 0.6 is 0 Å². The molecule has 0 saturated heterocycles. The van der Waals surface area contributed by atoms with Gasteiger partial charge in [0.25, 0.3) is 5.91 Å². The van der Waals surface area contributed by atoms with Crippen molar-refractivity contribution in [1.82, 2.24) is 10.3 Å². The molecule has 1 heterocycles. The van der Waals surface area contributed by atoms with Crippen molar-refractivity contribution in [1.29, 1.82) is 0 Å². The van der Waals surface area contributed by atoms with Gasteiger partial charge in [-0.3, -0.25) is 4.79 Å². The molecule has 0 bridgehead atoms. The molecule has 1 aromatic rings. The zero-order valence-electron chi connectivity index (χ0n) is 11.9. The van der Waals surface area contributed by atoms with Crippen LogP contribution in [0.5, 0.6) is 5.75 Å². The molecule has 0 aliphatic rings. The molecule has 0 aliphatic carbocycles. The number of hydrogen-bond donors (Lipinski definition) is 2. The topological polar surface area (TPSA) is 71.5 Å². The normalized spacial score (nSPS) is 12.9. The summed E-state index contributed by atoms with van der Waals surface area (Å²) in [6.07, 6.45) is 0.924. The van der Waals surface area contributed by atoms with Crippen LogP contribution in [-0.2, 0) is 0 Å². The fourth-order valence-electron chi connectivity index (χ4n) is 1.41. The first-order valence-corrected chi connectivity index (χ1v) is 6.40. The van der Waals surface area contributed by atoms with Crippen LogP contribution in [0.1, 0.15) is 38.2 Å². The number of carbonyl (C=O) groups excluding carboxylic acids is 1. The summed E-state index contributed by atoms with van der Waals surface area (Å²) in [7, 11) is 0. The van der Waals surface area contributed by atoms with Crippen molar-refractivity contribution in [2.45, 2.75) is 33.8 Å². The summed E-state index contributed by atoms with van der Waals surface area (Å²) in [5, 5.41) is 12.6. The Morgan fingerprint density at radius 2 is 2.21 bits per heavy atom. The second-order valence-electron chi connectivity index (χ2n) is 5.38. The van der Waals surface area contributed by atoms with Crippen molar-refractivity contribution in [3.05, 3.63) is 24.0 Å². The van der Waals surface area contributed by atoms with Gasteiger partial charge in [0.2, 0.25) is 0 Å². The summed E-state index contributed by atoms with van der Waals surface area (Å²) in [6.45, 7) is 8.24. The summed E-state index contributed by atoms with van der Waals surface area (Å²) >= 11 is 0. The van der Waals surface area contributed by atoms with Gasteiger partial charge in [-0.1, -0.05) is 20.8 Å². The van der Waals surface area contributed by atoms with Gasteiger partial charge in [0.15, 0.2) is 11.4 Å². The van der Waals surface area contributed by atoms with Gasteiger partial charge in [-0.25, -0.2) is 4.98 Å². The van der Waals surface area contributed by atoms with E-state index in [-0.39, 0.29) is 23.6 Å². The zero-order valence-corrected chi connectivity index (χ0v) is 11.9. The Balaban J connectivity index is 2.69. The molecule has 1 atom stereocenters. The third kappa shape index (κ3) is 4.52. The second-order valence-corrected chi connectivity index (χ2v) is 5.38. The van der Waals surface area contributed by atoms with Crippen LogP contribution in [0.3, 0.4) is 0 Å². The van der Waals surface area contributed by atoms with E-state index in [0.29, 0.717) is 12.4 Å². The third-order valence-corrected chi connectivity index (χ3v) is 2.74. The van der Waals surface area contributed by atoms with Crippen molar-refractivity contribution in [2.75, 3.05) is 13.2 Å². The van der Waals surface area contributed by atoms with Crippen LogP contribution in [-0.4, -0.2) is 35.3 Å².